The summed E-state index contributed by atoms with van der Waals surface area (Å²) in [6.45, 7) is 3.63. The summed E-state index contributed by atoms with van der Waals surface area (Å²) in [7, 11) is 0. The molecule has 0 unspecified atom stereocenters. The number of nitrogens with one attached hydrogen (secondary N) is 2. The van der Waals surface area contributed by atoms with Gasteiger partial charge in [-0.2, -0.15) is 0 Å². The average Bonchev–Trinajstić information content (AvgIpc) is 2.79. The van der Waals surface area contributed by atoms with Crippen LogP contribution in [0.3, 0.4) is 0 Å². The van der Waals surface area contributed by atoms with Gasteiger partial charge in [0.05, 0.1) is 18.0 Å². The van der Waals surface area contributed by atoms with Crippen LogP contribution >= 0.6 is 11.6 Å². The third-order valence-electron chi connectivity index (χ3n) is 7.12. The summed E-state index contributed by atoms with van der Waals surface area (Å²) in [5, 5.41) is 7.26. The van der Waals surface area contributed by atoms with Crippen molar-refractivity contribution in [1.82, 2.24) is 15.5 Å². The zero-order valence-electron chi connectivity index (χ0n) is 17.7. The van der Waals surface area contributed by atoms with Crippen LogP contribution in [0.4, 0.5) is 0 Å². The molecule has 2 N–H and O–H groups in total. The molecule has 6 heteroatoms. The monoisotopic (exact) mass is 437 g/mol. The van der Waals surface area contributed by atoms with E-state index in [2.05, 4.69) is 10.6 Å². The van der Waals surface area contributed by atoms with Crippen molar-refractivity contribution < 1.29 is 9.59 Å². The van der Waals surface area contributed by atoms with Gasteiger partial charge in [0.25, 0.3) is 5.91 Å². The molecule has 3 heterocycles. The van der Waals surface area contributed by atoms with E-state index in [1.165, 1.54) is 0 Å². The van der Waals surface area contributed by atoms with Crippen LogP contribution in [-0.4, -0.2) is 35.8 Å². The molecular formula is C25H28ClN3O2. The fourth-order valence-corrected chi connectivity index (χ4v) is 5.81. The zero-order chi connectivity index (χ0) is 21.5. The smallest absolute Gasteiger partial charge is 0.252 e. The summed E-state index contributed by atoms with van der Waals surface area (Å²) in [6.07, 6.45) is 3.58. The molecular weight excluding hydrogens is 410 g/mol. The zero-order valence-corrected chi connectivity index (χ0v) is 18.5. The number of benzene rings is 2. The molecule has 2 amide bonds. The second-order valence-electron chi connectivity index (χ2n) is 8.97. The second-order valence-corrected chi connectivity index (χ2v) is 9.41. The summed E-state index contributed by atoms with van der Waals surface area (Å²) < 4.78 is 0. The van der Waals surface area contributed by atoms with Gasteiger partial charge in [-0.1, -0.05) is 41.9 Å². The first kappa shape index (κ1) is 20.5. The minimum Gasteiger partial charge on any atom is -0.346 e. The fourth-order valence-electron chi connectivity index (χ4n) is 5.57. The molecule has 0 radical (unpaired) electrons. The van der Waals surface area contributed by atoms with E-state index in [1.807, 2.05) is 48.2 Å². The van der Waals surface area contributed by atoms with E-state index in [1.54, 1.807) is 6.07 Å². The first-order valence-corrected chi connectivity index (χ1v) is 11.6. The summed E-state index contributed by atoms with van der Waals surface area (Å²) in [5.41, 5.74) is 3.72. The molecule has 5 rings (SSSR count). The maximum absolute atomic E-state index is 13.4. The Morgan fingerprint density at radius 1 is 1.26 bits per heavy atom. The molecule has 0 saturated carbocycles. The molecule has 0 bridgehead atoms. The molecule has 31 heavy (non-hydrogen) atoms. The fraction of sp³-hybridized carbons (Fsp3) is 0.440. The number of amides is 2. The van der Waals surface area contributed by atoms with Crippen LogP contribution in [-0.2, 0) is 11.2 Å². The van der Waals surface area contributed by atoms with Crippen molar-refractivity contribution in [3.8, 4) is 0 Å². The predicted octanol–water partition coefficient (Wildman–Crippen LogP) is 4.03. The van der Waals surface area contributed by atoms with E-state index in [4.69, 9.17) is 11.6 Å². The topological polar surface area (TPSA) is 61.4 Å². The lowest BCUT2D eigenvalue weighted by Crippen LogP contribution is -2.58. The molecule has 2 aromatic rings. The van der Waals surface area contributed by atoms with Gasteiger partial charge in [0, 0.05) is 23.2 Å². The molecule has 5 nitrogen and oxygen atoms in total. The van der Waals surface area contributed by atoms with Crippen LogP contribution < -0.4 is 10.6 Å². The van der Waals surface area contributed by atoms with Gasteiger partial charge in [-0.05, 0) is 68.0 Å². The highest BCUT2D eigenvalue weighted by atomic mass is 35.5. The maximum atomic E-state index is 13.4. The summed E-state index contributed by atoms with van der Waals surface area (Å²) in [5.74, 6) is 0.162. The van der Waals surface area contributed by atoms with Crippen LogP contribution in [0, 0.1) is 5.92 Å². The highest BCUT2D eigenvalue weighted by Crippen LogP contribution is 2.43. The van der Waals surface area contributed by atoms with Crippen LogP contribution in [0.1, 0.15) is 65.3 Å². The van der Waals surface area contributed by atoms with E-state index in [9.17, 15) is 9.59 Å². The molecule has 0 aliphatic carbocycles. The minimum absolute atomic E-state index is 0.0641. The standard InChI is InChI=1S/C25H28ClN3O2/c1-15(16-6-3-2-4-7-16)28-24(30)20-13-18(26)12-17-9-11-29-22(23(17)20)14-21-19(25(29)31)8-5-10-27-21/h2-4,6-7,12-13,15,19,21-22,27H,5,8-11,14H2,1H3,(H,28,30)/t15-,19+,21+,22-/m1/s1. The number of carbonyl (C=O) groups excluding carboxylic acids is 2. The van der Waals surface area contributed by atoms with Gasteiger partial charge >= 0.3 is 0 Å². The second kappa shape index (κ2) is 8.29. The molecule has 2 aromatic carbocycles. The van der Waals surface area contributed by atoms with Crippen molar-refractivity contribution in [2.75, 3.05) is 13.1 Å². The minimum atomic E-state index is -0.136. The quantitative estimate of drug-likeness (QED) is 0.762. The Morgan fingerprint density at radius 3 is 2.87 bits per heavy atom. The Labute approximate surface area is 188 Å². The highest BCUT2D eigenvalue weighted by molar-refractivity contribution is 6.31. The summed E-state index contributed by atoms with van der Waals surface area (Å²) in [6, 6.07) is 13.6. The average molecular weight is 438 g/mol. The van der Waals surface area contributed by atoms with E-state index in [0.717, 1.165) is 48.9 Å². The van der Waals surface area contributed by atoms with Crippen molar-refractivity contribution in [1.29, 1.82) is 0 Å². The number of halogens is 1. The van der Waals surface area contributed by atoms with E-state index < -0.39 is 0 Å². The first-order valence-electron chi connectivity index (χ1n) is 11.2. The third-order valence-corrected chi connectivity index (χ3v) is 7.33. The van der Waals surface area contributed by atoms with Gasteiger partial charge in [0.1, 0.15) is 0 Å². The van der Waals surface area contributed by atoms with Crippen molar-refractivity contribution in [3.05, 3.63) is 69.7 Å². The van der Waals surface area contributed by atoms with Gasteiger partial charge in [-0.3, -0.25) is 9.59 Å². The van der Waals surface area contributed by atoms with Gasteiger partial charge in [-0.25, -0.2) is 0 Å². The Morgan fingerprint density at radius 2 is 2.06 bits per heavy atom. The summed E-state index contributed by atoms with van der Waals surface area (Å²) >= 11 is 6.42. The number of hydrogen-bond acceptors (Lipinski definition) is 3. The lowest BCUT2D eigenvalue weighted by atomic mass is 9.76. The lowest BCUT2D eigenvalue weighted by molar-refractivity contribution is -0.145. The van der Waals surface area contributed by atoms with Crippen molar-refractivity contribution in [3.63, 3.8) is 0 Å². The SMILES string of the molecule is C[C@@H](NC(=O)c1cc(Cl)cc2c1[C@H]1C[C@@H]3NCCC[C@@H]3C(=O)N1CC2)c1ccccc1. The Balaban J connectivity index is 1.49. The molecule has 3 aliphatic rings. The van der Waals surface area contributed by atoms with E-state index in [-0.39, 0.29) is 35.9 Å². The van der Waals surface area contributed by atoms with Crippen LogP contribution in [0.15, 0.2) is 42.5 Å². The number of piperidine rings is 2. The number of hydrogen-bond donors (Lipinski definition) is 2. The molecule has 0 aromatic heterocycles. The Bertz CT molecular complexity index is 1010. The molecule has 0 spiro atoms. The number of carbonyl (C=O) groups is 2. The normalized spacial score (nSPS) is 25.8. The van der Waals surface area contributed by atoms with Crippen molar-refractivity contribution in [2.24, 2.45) is 5.92 Å². The molecule has 2 saturated heterocycles. The largest absolute Gasteiger partial charge is 0.346 e. The van der Waals surface area contributed by atoms with Gasteiger partial charge in [0.2, 0.25) is 5.91 Å². The van der Waals surface area contributed by atoms with Gasteiger partial charge < -0.3 is 15.5 Å². The molecule has 4 atom stereocenters. The molecule has 2 fully saturated rings. The van der Waals surface area contributed by atoms with Crippen LogP contribution in [0.5, 0.6) is 0 Å². The van der Waals surface area contributed by atoms with Crippen LogP contribution in [0.2, 0.25) is 5.02 Å². The highest BCUT2D eigenvalue weighted by Gasteiger charge is 2.46. The molecule has 3 aliphatic heterocycles. The van der Waals surface area contributed by atoms with Gasteiger partial charge in [0.15, 0.2) is 0 Å². The maximum Gasteiger partial charge on any atom is 0.252 e. The van der Waals surface area contributed by atoms with Gasteiger partial charge in [-0.15, -0.1) is 0 Å². The van der Waals surface area contributed by atoms with Crippen molar-refractivity contribution in [2.45, 2.75) is 50.7 Å². The predicted molar refractivity (Wildman–Crippen MR) is 121 cm³/mol. The third kappa shape index (κ3) is 3.74. The van der Waals surface area contributed by atoms with E-state index in [0.29, 0.717) is 17.1 Å². The summed E-state index contributed by atoms with van der Waals surface area (Å²) in [4.78, 5) is 28.7. The lowest BCUT2D eigenvalue weighted by Gasteiger charge is -2.48. The number of nitrogens with zero attached hydrogens (tertiary/aromatic N) is 1. The van der Waals surface area contributed by atoms with E-state index >= 15 is 0 Å². The number of fused-ring (bicyclic) bond motifs is 4. The van der Waals surface area contributed by atoms with Crippen molar-refractivity contribution >= 4 is 23.4 Å². The first-order chi connectivity index (χ1) is 15.0. The number of rotatable bonds is 3. The molecule has 162 valence electrons. The Kier molecular flexibility index (Phi) is 5.49. The Hall–Kier alpha value is -2.37. The van der Waals surface area contributed by atoms with Crippen LogP contribution in [0.25, 0.3) is 0 Å².